The van der Waals surface area contributed by atoms with Crippen LogP contribution in [0.15, 0.2) is 12.2 Å². The molecule has 2 bridgehead atoms. The molecule has 4 atom stereocenters. The lowest BCUT2D eigenvalue weighted by atomic mass is 9.79. The topological polar surface area (TPSA) is 34.1 Å². The Hall–Kier alpha value is -1.98. The third-order valence-electron chi connectivity index (χ3n) is 5.20. The average Bonchev–Trinajstić information content (AvgIpc) is 3.18. The summed E-state index contributed by atoms with van der Waals surface area (Å²) in [6.07, 6.45) is 5.22. The molecule has 0 radical (unpaired) electrons. The maximum Gasteiger partial charge on any atom is 0.197 e. The Kier molecular flexibility index (Phi) is 5.49. The zero-order chi connectivity index (χ0) is 19.0. The van der Waals surface area contributed by atoms with Crippen molar-refractivity contribution >= 4 is 11.6 Å². The number of Topliss-reactive ketones (excluding diaryl/α,β-unsaturated/α-hetero) is 2. The molecule has 0 N–H and O–H groups in total. The van der Waals surface area contributed by atoms with Crippen molar-refractivity contribution in [3.63, 3.8) is 0 Å². The van der Waals surface area contributed by atoms with Crippen LogP contribution < -0.4 is 0 Å². The fraction of sp³-hybridized carbons (Fsp3) is 0.474. The van der Waals surface area contributed by atoms with Crippen LogP contribution in [0.3, 0.4) is 0 Å². The number of carbonyl (C=O) groups excluding carboxylic acids is 2. The lowest BCUT2D eigenvalue weighted by molar-refractivity contribution is -0.130. The van der Waals surface area contributed by atoms with Gasteiger partial charge in [-0.05, 0) is 57.1 Å². The molecule has 6 heteroatoms. The zero-order valence-electron chi connectivity index (χ0n) is 14.5. The molecule has 0 amide bonds. The summed E-state index contributed by atoms with van der Waals surface area (Å²) in [6.45, 7) is 5.59. The third-order valence-corrected chi connectivity index (χ3v) is 5.20. The first-order chi connectivity index (χ1) is 11.6. The van der Waals surface area contributed by atoms with Crippen molar-refractivity contribution in [2.75, 3.05) is 0 Å². The summed E-state index contributed by atoms with van der Waals surface area (Å²) in [5, 5.41) is 0. The number of hydrogen-bond acceptors (Lipinski definition) is 2. The molecule has 1 aromatic rings. The number of rotatable bonds is 2. The van der Waals surface area contributed by atoms with E-state index in [-0.39, 0.29) is 34.5 Å². The fourth-order valence-electron chi connectivity index (χ4n) is 3.78. The van der Waals surface area contributed by atoms with Gasteiger partial charge in [0, 0.05) is 11.8 Å². The molecule has 3 rings (SSSR count). The van der Waals surface area contributed by atoms with E-state index in [4.69, 9.17) is 0 Å². The molecule has 2 aliphatic rings. The molecule has 4 unspecified atom stereocenters. The lowest BCUT2D eigenvalue weighted by Gasteiger charge is -2.23. The molecule has 1 aromatic carbocycles. The molecule has 0 heterocycles. The van der Waals surface area contributed by atoms with Gasteiger partial charge in [0.2, 0.25) is 0 Å². The largest absolute Gasteiger partial charge is 0.300 e. The van der Waals surface area contributed by atoms with Crippen LogP contribution in [0.25, 0.3) is 0 Å². The van der Waals surface area contributed by atoms with Crippen molar-refractivity contribution in [2.24, 2.45) is 23.7 Å². The molecule has 1 fully saturated rings. The van der Waals surface area contributed by atoms with Crippen molar-refractivity contribution in [3.8, 4) is 0 Å². The summed E-state index contributed by atoms with van der Waals surface area (Å²) in [7, 11) is 0. The lowest BCUT2D eigenvalue weighted by Crippen LogP contribution is -2.30. The molecule has 2 nitrogen and oxygen atoms in total. The highest BCUT2D eigenvalue weighted by Crippen LogP contribution is 2.48. The predicted octanol–water partition coefficient (Wildman–Crippen LogP) is 4.46. The maximum atomic E-state index is 12.7. The van der Waals surface area contributed by atoms with Crippen molar-refractivity contribution in [1.29, 1.82) is 0 Å². The van der Waals surface area contributed by atoms with Gasteiger partial charge in [-0.1, -0.05) is 12.2 Å². The highest BCUT2D eigenvalue weighted by Gasteiger charge is 2.48. The van der Waals surface area contributed by atoms with Crippen LogP contribution >= 0.6 is 0 Å². The van der Waals surface area contributed by atoms with Gasteiger partial charge in [-0.3, -0.25) is 9.59 Å². The Morgan fingerprint density at radius 2 is 1.08 bits per heavy atom. The zero-order valence-corrected chi connectivity index (χ0v) is 14.5. The highest BCUT2D eigenvalue weighted by atomic mass is 19.2. The van der Waals surface area contributed by atoms with Gasteiger partial charge in [0.1, 0.15) is 11.6 Å². The minimum absolute atomic E-state index is 0.0208. The highest BCUT2D eigenvalue weighted by molar-refractivity contribution is 5.89. The number of benzene rings is 1. The second-order valence-electron chi connectivity index (χ2n) is 6.73. The van der Waals surface area contributed by atoms with Crippen molar-refractivity contribution < 1.29 is 27.2 Å². The van der Waals surface area contributed by atoms with Gasteiger partial charge in [0.05, 0.1) is 0 Å². The molecule has 0 aliphatic heterocycles. The Morgan fingerprint density at radius 1 is 0.760 bits per heavy atom. The van der Waals surface area contributed by atoms with Crippen LogP contribution in [0.4, 0.5) is 17.6 Å². The maximum absolute atomic E-state index is 12.7. The molecule has 2 aliphatic carbocycles. The molecular formula is C19H20F4O2. The van der Waals surface area contributed by atoms with Gasteiger partial charge < -0.3 is 0 Å². The first-order valence-corrected chi connectivity index (χ1v) is 8.06. The normalized spacial score (nSPS) is 26.4. The van der Waals surface area contributed by atoms with Crippen molar-refractivity contribution in [3.05, 3.63) is 46.5 Å². The van der Waals surface area contributed by atoms with Gasteiger partial charge in [0.25, 0.3) is 0 Å². The van der Waals surface area contributed by atoms with E-state index < -0.39 is 23.3 Å². The van der Waals surface area contributed by atoms with Gasteiger partial charge in [-0.25, -0.2) is 17.6 Å². The molecule has 0 saturated heterocycles. The molecule has 0 aromatic heterocycles. The van der Waals surface area contributed by atoms with Gasteiger partial charge >= 0.3 is 0 Å². The van der Waals surface area contributed by atoms with E-state index in [2.05, 4.69) is 12.2 Å². The van der Waals surface area contributed by atoms with E-state index in [9.17, 15) is 27.2 Å². The van der Waals surface area contributed by atoms with Gasteiger partial charge in [-0.2, -0.15) is 0 Å². The molecule has 136 valence electrons. The minimum Gasteiger partial charge on any atom is -0.300 e. The van der Waals surface area contributed by atoms with Crippen LogP contribution in [0, 0.1) is 60.8 Å². The second kappa shape index (κ2) is 7.10. The number of fused-ring (bicyclic) bond motifs is 2. The van der Waals surface area contributed by atoms with E-state index in [0.29, 0.717) is 11.8 Å². The van der Waals surface area contributed by atoms with E-state index >= 15 is 0 Å². The van der Waals surface area contributed by atoms with E-state index in [0.717, 1.165) is 6.42 Å². The summed E-state index contributed by atoms with van der Waals surface area (Å²) < 4.78 is 50.2. The molecule has 1 saturated carbocycles. The van der Waals surface area contributed by atoms with Crippen molar-refractivity contribution in [1.82, 2.24) is 0 Å². The first kappa shape index (κ1) is 19.3. The Labute approximate surface area is 143 Å². The second-order valence-corrected chi connectivity index (χ2v) is 6.73. The van der Waals surface area contributed by atoms with Crippen LogP contribution in [0.2, 0.25) is 0 Å². The van der Waals surface area contributed by atoms with Crippen LogP contribution in [-0.4, -0.2) is 11.6 Å². The monoisotopic (exact) mass is 356 g/mol. The van der Waals surface area contributed by atoms with E-state index in [1.165, 1.54) is 13.8 Å². The van der Waals surface area contributed by atoms with Gasteiger partial charge in [0.15, 0.2) is 23.3 Å². The number of ketones is 2. The summed E-state index contributed by atoms with van der Waals surface area (Å²) in [5.41, 5.74) is -0.405. The van der Waals surface area contributed by atoms with Crippen molar-refractivity contribution in [2.45, 2.75) is 34.1 Å². The Balaban J connectivity index is 0.000000181. The summed E-state index contributed by atoms with van der Waals surface area (Å²) in [6, 6.07) is 0. The Morgan fingerprint density at radius 3 is 1.36 bits per heavy atom. The molecular weight excluding hydrogens is 336 g/mol. The SMILES string of the molecule is CC(=O)C1C2C=CC(C2)C1C(C)=O.Cc1c(C)c(F)c(F)c(F)c1F. The number of allylic oxidation sites excluding steroid dienone is 2. The Bertz CT molecular complexity index is 621. The number of carbonyl (C=O) groups is 2. The predicted molar refractivity (Wildman–Crippen MR) is 84.8 cm³/mol. The molecule has 0 spiro atoms. The number of halogens is 4. The number of hydrogen-bond donors (Lipinski definition) is 0. The summed E-state index contributed by atoms with van der Waals surface area (Å²) in [5.74, 6) is -5.16. The van der Waals surface area contributed by atoms with Crippen LogP contribution in [-0.2, 0) is 9.59 Å². The summed E-state index contributed by atoms with van der Waals surface area (Å²) >= 11 is 0. The quantitative estimate of drug-likeness (QED) is 0.339. The third kappa shape index (κ3) is 3.39. The first-order valence-electron chi connectivity index (χ1n) is 8.06. The molecule has 25 heavy (non-hydrogen) atoms. The van der Waals surface area contributed by atoms with Gasteiger partial charge in [-0.15, -0.1) is 0 Å². The minimum atomic E-state index is -1.75. The smallest absolute Gasteiger partial charge is 0.197 e. The van der Waals surface area contributed by atoms with Crippen LogP contribution in [0.5, 0.6) is 0 Å². The average molecular weight is 356 g/mol. The van der Waals surface area contributed by atoms with E-state index in [1.54, 1.807) is 13.8 Å². The van der Waals surface area contributed by atoms with Crippen LogP contribution in [0.1, 0.15) is 31.4 Å². The fourth-order valence-corrected chi connectivity index (χ4v) is 3.78. The summed E-state index contributed by atoms with van der Waals surface area (Å²) in [4.78, 5) is 22.7. The standard InChI is InChI=1S/C11H14O2.C8H6F4/c1-6(12)10-8-3-4-9(5-8)11(10)7(2)13;1-3-4(2)6(10)8(12)7(11)5(3)9/h3-4,8-11H,5H2,1-2H3;1-2H3. The van der Waals surface area contributed by atoms with E-state index in [1.807, 2.05) is 0 Å².